The molecule has 0 radical (unpaired) electrons. The van der Waals surface area contributed by atoms with Gasteiger partial charge in [0.05, 0.1) is 21.8 Å². The van der Waals surface area contributed by atoms with Crippen molar-refractivity contribution in [3.63, 3.8) is 0 Å². The van der Waals surface area contributed by atoms with Crippen LogP contribution in [0.5, 0.6) is 0 Å². The average Bonchev–Trinajstić information content (AvgIpc) is 2.73. The van der Waals surface area contributed by atoms with Crippen molar-refractivity contribution in [2.45, 2.75) is 32.0 Å². The molecule has 0 fully saturated rings. The van der Waals surface area contributed by atoms with E-state index in [2.05, 4.69) is 39.9 Å². The molecule has 2 aromatic rings. The molecular formula is C15H16BrN3O. The van der Waals surface area contributed by atoms with Crippen molar-refractivity contribution in [1.82, 2.24) is 14.8 Å². The summed E-state index contributed by atoms with van der Waals surface area (Å²) in [6, 6.07) is 5.70. The second-order valence-corrected chi connectivity index (χ2v) is 6.81. The maximum atomic E-state index is 12.6. The minimum absolute atomic E-state index is 0.121. The molecule has 1 unspecified atom stereocenters. The Morgan fingerprint density at radius 2 is 2.15 bits per heavy atom. The van der Waals surface area contributed by atoms with Gasteiger partial charge in [-0.2, -0.15) is 5.10 Å². The van der Waals surface area contributed by atoms with Gasteiger partial charge >= 0.3 is 0 Å². The summed E-state index contributed by atoms with van der Waals surface area (Å²) < 4.78 is 1.81. The quantitative estimate of drug-likeness (QED) is 0.753. The van der Waals surface area contributed by atoms with E-state index in [4.69, 9.17) is 0 Å². The molecule has 2 heterocycles. The number of ketones is 1. The van der Waals surface area contributed by atoms with Crippen LogP contribution < -0.4 is 0 Å². The van der Waals surface area contributed by atoms with Crippen LogP contribution in [-0.2, 0) is 6.42 Å². The van der Waals surface area contributed by atoms with E-state index < -0.39 is 0 Å². The maximum Gasteiger partial charge on any atom is 0.180 e. The molecule has 5 heteroatoms. The normalized spacial score (nSPS) is 20.8. The van der Waals surface area contributed by atoms with Crippen LogP contribution in [0.2, 0.25) is 0 Å². The summed E-state index contributed by atoms with van der Waals surface area (Å²) in [5.41, 5.74) is 2.35. The van der Waals surface area contributed by atoms with Crippen molar-refractivity contribution < 1.29 is 4.79 Å². The fraction of sp³-hybridized carbons (Fsp3) is 0.400. The monoisotopic (exact) mass is 333 g/mol. The molecule has 104 valence electrons. The third-order valence-electron chi connectivity index (χ3n) is 3.81. The van der Waals surface area contributed by atoms with Crippen LogP contribution in [0.15, 0.2) is 24.4 Å². The van der Waals surface area contributed by atoms with Crippen molar-refractivity contribution in [3.05, 3.63) is 41.3 Å². The Morgan fingerprint density at radius 3 is 2.80 bits per heavy atom. The lowest BCUT2D eigenvalue weighted by Crippen LogP contribution is -2.39. The lowest BCUT2D eigenvalue weighted by Gasteiger charge is -2.34. The first-order valence-electron chi connectivity index (χ1n) is 6.60. The van der Waals surface area contributed by atoms with Gasteiger partial charge in [-0.1, -0.05) is 35.8 Å². The molecule has 1 aliphatic carbocycles. The van der Waals surface area contributed by atoms with Crippen molar-refractivity contribution in [1.29, 1.82) is 0 Å². The summed E-state index contributed by atoms with van der Waals surface area (Å²) in [6.07, 6.45) is 2.53. The summed E-state index contributed by atoms with van der Waals surface area (Å²) in [6.45, 7) is 6.07. The topological polar surface area (TPSA) is 47.8 Å². The predicted octanol–water partition coefficient (Wildman–Crippen LogP) is 3.10. The number of alkyl halides is 1. The van der Waals surface area contributed by atoms with Crippen molar-refractivity contribution in [2.24, 2.45) is 5.41 Å². The molecule has 0 saturated carbocycles. The molecular weight excluding hydrogens is 318 g/mol. The predicted molar refractivity (Wildman–Crippen MR) is 80.6 cm³/mol. The second-order valence-electron chi connectivity index (χ2n) is 5.90. The van der Waals surface area contributed by atoms with Gasteiger partial charge in [-0.05, 0) is 30.9 Å². The molecule has 0 amide bonds. The molecule has 1 atom stereocenters. The van der Waals surface area contributed by atoms with Gasteiger partial charge in [0.15, 0.2) is 11.6 Å². The molecule has 0 N–H and O–H groups in total. The number of pyridine rings is 1. The second kappa shape index (κ2) is 4.52. The SMILES string of the molecule is Cc1nn(-c2ccccn2)c2c1C(=O)C(Br)C(C)(C)C2. The zero-order valence-electron chi connectivity index (χ0n) is 11.7. The number of aryl methyl sites for hydroxylation is 1. The Bertz CT molecular complexity index is 676. The highest BCUT2D eigenvalue weighted by Crippen LogP contribution is 2.40. The van der Waals surface area contributed by atoms with Gasteiger partial charge < -0.3 is 0 Å². The van der Waals surface area contributed by atoms with Gasteiger partial charge in [0.1, 0.15) is 0 Å². The Morgan fingerprint density at radius 1 is 1.40 bits per heavy atom. The van der Waals surface area contributed by atoms with E-state index in [1.54, 1.807) is 6.20 Å². The number of fused-ring (bicyclic) bond motifs is 1. The van der Waals surface area contributed by atoms with Gasteiger partial charge in [0.25, 0.3) is 0 Å². The lowest BCUT2D eigenvalue weighted by atomic mass is 9.75. The first-order valence-corrected chi connectivity index (χ1v) is 7.51. The summed E-state index contributed by atoms with van der Waals surface area (Å²) in [4.78, 5) is 16.8. The molecule has 0 spiro atoms. The third-order valence-corrected chi connectivity index (χ3v) is 5.46. The number of carbonyl (C=O) groups excluding carboxylic acids is 1. The van der Waals surface area contributed by atoms with Crippen LogP contribution >= 0.6 is 15.9 Å². The van der Waals surface area contributed by atoms with Gasteiger partial charge in [-0.3, -0.25) is 4.79 Å². The standard InChI is InChI=1S/C15H16BrN3O/c1-9-12-10(8-15(2,3)14(16)13(12)20)19(18-9)11-6-4-5-7-17-11/h4-7,14H,8H2,1-3H3. The van der Waals surface area contributed by atoms with Crippen LogP contribution in [0.25, 0.3) is 5.82 Å². The van der Waals surface area contributed by atoms with Gasteiger partial charge in [-0.15, -0.1) is 0 Å². The molecule has 20 heavy (non-hydrogen) atoms. The molecule has 3 rings (SSSR count). The van der Waals surface area contributed by atoms with Crippen LogP contribution in [-0.4, -0.2) is 25.4 Å². The highest BCUT2D eigenvalue weighted by molar-refractivity contribution is 9.10. The van der Waals surface area contributed by atoms with E-state index in [0.29, 0.717) is 0 Å². The number of aromatic nitrogens is 3. The van der Waals surface area contributed by atoms with E-state index in [1.165, 1.54) is 0 Å². The third kappa shape index (κ3) is 1.92. The zero-order valence-corrected chi connectivity index (χ0v) is 13.3. The first kappa shape index (κ1) is 13.5. The van der Waals surface area contributed by atoms with E-state index >= 15 is 0 Å². The van der Waals surface area contributed by atoms with Gasteiger partial charge in [-0.25, -0.2) is 9.67 Å². The number of carbonyl (C=O) groups is 1. The number of rotatable bonds is 1. The number of hydrogen-bond acceptors (Lipinski definition) is 3. The summed E-state index contributed by atoms with van der Waals surface area (Å²) in [5, 5.41) is 4.53. The summed E-state index contributed by atoms with van der Waals surface area (Å²) in [7, 11) is 0. The van der Waals surface area contributed by atoms with Crippen molar-refractivity contribution in [2.75, 3.05) is 0 Å². The smallest absolute Gasteiger partial charge is 0.180 e. The maximum absolute atomic E-state index is 12.6. The minimum atomic E-state index is -0.164. The van der Waals surface area contributed by atoms with Gasteiger partial charge in [0, 0.05) is 6.20 Å². The fourth-order valence-corrected chi connectivity index (χ4v) is 3.12. The first-order chi connectivity index (χ1) is 9.42. The Balaban J connectivity index is 2.21. The summed E-state index contributed by atoms with van der Waals surface area (Å²) >= 11 is 3.54. The van der Waals surface area contributed by atoms with Crippen LogP contribution in [0.4, 0.5) is 0 Å². The van der Waals surface area contributed by atoms with Crippen LogP contribution in [0.1, 0.15) is 35.6 Å². The van der Waals surface area contributed by atoms with Gasteiger partial charge in [0.2, 0.25) is 0 Å². The largest absolute Gasteiger partial charge is 0.293 e. The van der Waals surface area contributed by atoms with E-state index in [-0.39, 0.29) is 16.0 Å². The highest BCUT2D eigenvalue weighted by atomic mass is 79.9. The van der Waals surface area contributed by atoms with Crippen LogP contribution in [0, 0.1) is 12.3 Å². The number of Topliss-reactive ketones (excluding diaryl/α,β-unsaturated/α-hetero) is 1. The number of nitrogens with zero attached hydrogens (tertiary/aromatic N) is 3. The Hall–Kier alpha value is -1.49. The molecule has 0 aromatic carbocycles. The van der Waals surface area contributed by atoms with E-state index in [1.807, 2.05) is 29.8 Å². The highest BCUT2D eigenvalue weighted by Gasteiger charge is 2.43. The fourth-order valence-electron chi connectivity index (χ4n) is 2.73. The molecule has 4 nitrogen and oxygen atoms in total. The molecule has 0 bridgehead atoms. The summed E-state index contributed by atoms with van der Waals surface area (Å²) in [5.74, 6) is 0.879. The van der Waals surface area contributed by atoms with Crippen molar-refractivity contribution >= 4 is 21.7 Å². The minimum Gasteiger partial charge on any atom is -0.293 e. The van der Waals surface area contributed by atoms with Crippen LogP contribution in [0.3, 0.4) is 0 Å². The molecule has 2 aromatic heterocycles. The van der Waals surface area contributed by atoms with Crippen molar-refractivity contribution in [3.8, 4) is 5.82 Å². The lowest BCUT2D eigenvalue weighted by molar-refractivity contribution is 0.0927. The molecule has 0 aliphatic heterocycles. The molecule has 0 saturated heterocycles. The number of hydrogen-bond donors (Lipinski definition) is 0. The zero-order chi connectivity index (χ0) is 14.5. The molecule has 1 aliphatic rings. The average molecular weight is 334 g/mol. The van der Waals surface area contributed by atoms with E-state index in [0.717, 1.165) is 29.2 Å². The Kier molecular flexibility index (Phi) is 3.05. The van der Waals surface area contributed by atoms with E-state index in [9.17, 15) is 4.79 Å². The Labute approximate surface area is 126 Å². The number of halogens is 1.